The zero-order chi connectivity index (χ0) is 14.5. The monoisotopic (exact) mass is 272 g/mol. The van der Waals surface area contributed by atoms with Crippen molar-refractivity contribution in [3.05, 3.63) is 52.9 Å². The Hall–Kier alpha value is -2.10. The summed E-state index contributed by atoms with van der Waals surface area (Å²) in [5.74, 6) is 0.415. The second-order valence-electron chi connectivity index (χ2n) is 5.01. The molecule has 0 saturated heterocycles. The standard InChI is InChI=1S/C16H20N2O2/c1-4-5-13-6-8-14(9-7-13)12(3)17-16(19)15-10-11(2)20-18-15/h6-10,12H,4-5H2,1-3H3,(H,17,19)/t12-/m0/s1. The highest BCUT2D eigenvalue weighted by Crippen LogP contribution is 2.15. The molecule has 0 fully saturated rings. The average Bonchev–Trinajstić information content (AvgIpc) is 2.86. The summed E-state index contributed by atoms with van der Waals surface area (Å²) in [4.78, 5) is 12.0. The van der Waals surface area contributed by atoms with Gasteiger partial charge in [0.15, 0.2) is 5.69 Å². The Morgan fingerprint density at radius 1 is 1.35 bits per heavy atom. The first-order valence-electron chi connectivity index (χ1n) is 6.93. The molecule has 0 unspecified atom stereocenters. The highest BCUT2D eigenvalue weighted by Gasteiger charge is 2.14. The van der Waals surface area contributed by atoms with Crippen LogP contribution in [0.2, 0.25) is 0 Å². The molecule has 20 heavy (non-hydrogen) atoms. The van der Waals surface area contributed by atoms with E-state index in [0.717, 1.165) is 18.4 Å². The summed E-state index contributed by atoms with van der Waals surface area (Å²) in [5, 5.41) is 6.63. The van der Waals surface area contributed by atoms with E-state index >= 15 is 0 Å². The number of rotatable bonds is 5. The highest BCUT2D eigenvalue weighted by atomic mass is 16.5. The van der Waals surface area contributed by atoms with Gasteiger partial charge >= 0.3 is 0 Å². The molecule has 0 aliphatic heterocycles. The number of carbonyl (C=O) groups excluding carboxylic acids is 1. The number of aryl methyl sites for hydroxylation is 2. The maximum atomic E-state index is 12.0. The largest absolute Gasteiger partial charge is 0.361 e. The molecule has 0 aliphatic rings. The predicted octanol–water partition coefficient (Wildman–Crippen LogP) is 3.43. The molecule has 4 heteroatoms. The van der Waals surface area contributed by atoms with Gasteiger partial charge in [-0.1, -0.05) is 42.8 Å². The quantitative estimate of drug-likeness (QED) is 0.907. The molecular formula is C16H20N2O2. The molecule has 0 bridgehead atoms. The first-order valence-corrected chi connectivity index (χ1v) is 6.93. The van der Waals surface area contributed by atoms with Crippen molar-refractivity contribution < 1.29 is 9.32 Å². The summed E-state index contributed by atoms with van der Waals surface area (Å²) >= 11 is 0. The number of carbonyl (C=O) groups is 1. The van der Waals surface area contributed by atoms with Crippen LogP contribution in [0.15, 0.2) is 34.9 Å². The molecule has 0 spiro atoms. The van der Waals surface area contributed by atoms with Gasteiger partial charge < -0.3 is 9.84 Å². The molecule has 0 saturated carbocycles. The van der Waals surface area contributed by atoms with Crippen LogP contribution in [0.1, 0.15) is 53.7 Å². The van der Waals surface area contributed by atoms with Gasteiger partial charge in [0.25, 0.3) is 5.91 Å². The SMILES string of the molecule is CCCc1ccc([C@H](C)NC(=O)c2cc(C)on2)cc1. The van der Waals surface area contributed by atoms with Crippen LogP contribution in [-0.4, -0.2) is 11.1 Å². The van der Waals surface area contributed by atoms with Gasteiger partial charge in [0, 0.05) is 6.07 Å². The number of aromatic nitrogens is 1. The predicted molar refractivity (Wildman–Crippen MR) is 77.6 cm³/mol. The Kier molecular flexibility index (Phi) is 4.56. The van der Waals surface area contributed by atoms with Gasteiger partial charge in [0.2, 0.25) is 0 Å². The zero-order valence-corrected chi connectivity index (χ0v) is 12.1. The third-order valence-electron chi connectivity index (χ3n) is 3.23. The highest BCUT2D eigenvalue weighted by molar-refractivity contribution is 5.92. The first-order chi connectivity index (χ1) is 9.60. The lowest BCUT2D eigenvalue weighted by Gasteiger charge is -2.13. The van der Waals surface area contributed by atoms with Gasteiger partial charge in [0.05, 0.1) is 6.04 Å². The van der Waals surface area contributed by atoms with Gasteiger partial charge in [-0.2, -0.15) is 0 Å². The van der Waals surface area contributed by atoms with E-state index in [4.69, 9.17) is 4.52 Å². The molecule has 1 aromatic heterocycles. The Morgan fingerprint density at radius 3 is 2.60 bits per heavy atom. The van der Waals surface area contributed by atoms with Crippen LogP contribution >= 0.6 is 0 Å². The molecule has 106 valence electrons. The van der Waals surface area contributed by atoms with Crippen LogP contribution in [0, 0.1) is 6.92 Å². The number of amides is 1. The Balaban J connectivity index is 2.00. The summed E-state index contributed by atoms with van der Waals surface area (Å²) in [6.07, 6.45) is 2.22. The van der Waals surface area contributed by atoms with Crippen molar-refractivity contribution in [3.63, 3.8) is 0 Å². The maximum Gasteiger partial charge on any atom is 0.273 e. The van der Waals surface area contributed by atoms with Crippen molar-refractivity contribution in [2.45, 2.75) is 39.7 Å². The Labute approximate surface area is 119 Å². The van der Waals surface area contributed by atoms with Crippen LogP contribution in [0.5, 0.6) is 0 Å². The summed E-state index contributed by atoms with van der Waals surface area (Å²) in [5.41, 5.74) is 2.72. The van der Waals surface area contributed by atoms with Crippen molar-refractivity contribution in [2.24, 2.45) is 0 Å². The van der Waals surface area contributed by atoms with Gasteiger partial charge in [-0.3, -0.25) is 4.79 Å². The summed E-state index contributed by atoms with van der Waals surface area (Å²) in [6, 6.07) is 9.92. The van der Waals surface area contributed by atoms with E-state index in [0.29, 0.717) is 11.5 Å². The van der Waals surface area contributed by atoms with E-state index in [1.54, 1.807) is 13.0 Å². The normalized spacial score (nSPS) is 12.2. The summed E-state index contributed by atoms with van der Waals surface area (Å²) in [6.45, 7) is 5.88. The topological polar surface area (TPSA) is 55.1 Å². The van der Waals surface area contributed by atoms with Crippen LogP contribution in [-0.2, 0) is 6.42 Å². The Bertz CT molecular complexity index is 572. The van der Waals surface area contributed by atoms with E-state index in [1.165, 1.54) is 5.56 Å². The summed E-state index contributed by atoms with van der Waals surface area (Å²) < 4.78 is 4.90. The molecule has 0 radical (unpaired) electrons. The lowest BCUT2D eigenvalue weighted by atomic mass is 10.0. The van der Waals surface area contributed by atoms with E-state index in [2.05, 4.69) is 41.7 Å². The molecule has 0 aliphatic carbocycles. The molecule has 1 amide bonds. The number of hydrogen-bond acceptors (Lipinski definition) is 3. The third-order valence-corrected chi connectivity index (χ3v) is 3.23. The fourth-order valence-corrected chi connectivity index (χ4v) is 2.09. The second kappa shape index (κ2) is 6.37. The van der Waals surface area contributed by atoms with Crippen LogP contribution in [0.4, 0.5) is 0 Å². The smallest absolute Gasteiger partial charge is 0.273 e. The molecule has 2 aromatic rings. The molecular weight excluding hydrogens is 252 g/mol. The molecule has 1 aromatic carbocycles. The number of benzene rings is 1. The minimum absolute atomic E-state index is 0.0600. The second-order valence-corrected chi connectivity index (χ2v) is 5.01. The van der Waals surface area contributed by atoms with Crippen LogP contribution < -0.4 is 5.32 Å². The minimum Gasteiger partial charge on any atom is -0.361 e. The fourth-order valence-electron chi connectivity index (χ4n) is 2.09. The van der Waals surface area contributed by atoms with Crippen molar-refractivity contribution >= 4 is 5.91 Å². The van der Waals surface area contributed by atoms with Crippen molar-refractivity contribution in [1.82, 2.24) is 10.5 Å². The maximum absolute atomic E-state index is 12.0. The lowest BCUT2D eigenvalue weighted by Crippen LogP contribution is -2.26. The minimum atomic E-state index is -0.216. The number of hydrogen-bond donors (Lipinski definition) is 1. The van der Waals surface area contributed by atoms with Crippen molar-refractivity contribution in [3.8, 4) is 0 Å². The van der Waals surface area contributed by atoms with E-state index in [-0.39, 0.29) is 11.9 Å². The molecule has 4 nitrogen and oxygen atoms in total. The van der Waals surface area contributed by atoms with Gasteiger partial charge in [-0.25, -0.2) is 0 Å². The van der Waals surface area contributed by atoms with Crippen LogP contribution in [0.3, 0.4) is 0 Å². The number of nitrogens with one attached hydrogen (secondary N) is 1. The van der Waals surface area contributed by atoms with Crippen LogP contribution in [0.25, 0.3) is 0 Å². The zero-order valence-electron chi connectivity index (χ0n) is 12.1. The summed E-state index contributed by atoms with van der Waals surface area (Å²) in [7, 11) is 0. The fraction of sp³-hybridized carbons (Fsp3) is 0.375. The van der Waals surface area contributed by atoms with Crippen molar-refractivity contribution in [1.29, 1.82) is 0 Å². The van der Waals surface area contributed by atoms with Gasteiger partial charge in [0.1, 0.15) is 5.76 Å². The molecule has 1 atom stereocenters. The van der Waals surface area contributed by atoms with E-state index in [9.17, 15) is 4.79 Å². The van der Waals surface area contributed by atoms with Gasteiger partial charge in [-0.05, 0) is 31.4 Å². The van der Waals surface area contributed by atoms with Crippen molar-refractivity contribution in [2.75, 3.05) is 0 Å². The molecule has 1 heterocycles. The molecule has 2 rings (SSSR count). The third kappa shape index (κ3) is 3.47. The number of nitrogens with zero attached hydrogens (tertiary/aromatic N) is 1. The van der Waals surface area contributed by atoms with Gasteiger partial charge in [-0.15, -0.1) is 0 Å². The lowest BCUT2D eigenvalue weighted by molar-refractivity contribution is 0.0930. The van der Waals surface area contributed by atoms with E-state index in [1.807, 2.05) is 6.92 Å². The first kappa shape index (κ1) is 14.3. The Morgan fingerprint density at radius 2 is 2.05 bits per heavy atom. The molecule has 1 N–H and O–H groups in total. The average molecular weight is 272 g/mol. The van der Waals surface area contributed by atoms with E-state index < -0.39 is 0 Å².